The average molecular weight is 230 g/mol. The van der Waals surface area contributed by atoms with E-state index in [1.54, 1.807) is 13.8 Å². The quantitative estimate of drug-likeness (QED) is 0.730. The highest BCUT2D eigenvalue weighted by molar-refractivity contribution is 6.06. The summed E-state index contributed by atoms with van der Waals surface area (Å²) < 4.78 is 5.60. The molecule has 1 aliphatic rings. The van der Waals surface area contributed by atoms with Crippen LogP contribution in [0.25, 0.3) is 0 Å². The molecule has 2 rings (SSSR count). The minimum atomic E-state index is -0.974. The van der Waals surface area contributed by atoms with Gasteiger partial charge in [0.2, 0.25) is 0 Å². The first kappa shape index (κ1) is 11.7. The van der Waals surface area contributed by atoms with Gasteiger partial charge in [0.05, 0.1) is 6.61 Å². The molecule has 1 aliphatic heterocycles. The molecule has 1 aromatic carbocycles. The summed E-state index contributed by atoms with van der Waals surface area (Å²) in [6.07, 6.45) is 0.692. The van der Waals surface area contributed by atoms with Crippen LogP contribution in [0.1, 0.15) is 19.4 Å². The van der Waals surface area contributed by atoms with E-state index >= 15 is 0 Å². The van der Waals surface area contributed by atoms with E-state index in [0.717, 1.165) is 5.56 Å². The summed E-state index contributed by atoms with van der Waals surface area (Å²) in [6, 6.07) is 9.34. The van der Waals surface area contributed by atoms with Crippen molar-refractivity contribution >= 4 is 12.1 Å². The number of aldehydes is 1. The molecule has 0 bridgehead atoms. The Morgan fingerprint density at radius 1 is 1.29 bits per heavy atom. The Morgan fingerprint density at radius 3 is 2.53 bits per heavy atom. The predicted molar refractivity (Wildman–Crippen MR) is 63.5 cm³/mol. The Morgan fingerprint density at radius 2 is 1.94 bits per heavy atom. The number of Topliss-reactive ketones (excluding diaryl/α,β-unsaturated/α-hetero) is 1. The molecule has 1 aromatic rings. The standard InChI is InChI=1S/C14H14O3/c1-10-11(8-15)9-17-14(2,13(10)16)12-6-4-3-5-7-12/h3-8H,9H2,1-2H3. The van der Waals surface area contributed by atoms with Gasteiger partial charge >= 0.3 is 0 Å². The molecular formula is C14H14O3. The van der Waals surface area contributed by atoms with Crippen LogP contribution in [0.3, 0.4) is 0 Å². The van der Waals surface area contributed by atoms with Gasteiger partial charge in [-0.15, -0.1) is 0 Å². The summed E-state index contributed by atoms with van der Waals surface area (Å²) in [5, 5.41) is 0. The Hall–Kier alpha value is -1.74. The van der Waals surface area contributed by atoms with Crippen LogP contribution in [0.2, 0.25) is 0 Å². The summed E-state index contributed by atoms with van der Waals surface area (Å²) in [4.78, 5) is 23.0. The largest absolute Gasteiger partial charge is 0.358 e. The van der Waals surface area contributed by atoms with Crippen LogP contribution in [0.4, 0.5) is 0 Å². The third-order valence-electron chi connectivity index (χ3n) is 3.24. The number of hydrogen-bond donors (Lipinski definition) is 0. The number of carbonyl (C=O) groups excluding carboxylic acids is 2. The Balaban J connectivity index is 2.46. The molecule has 0 saturated carbocycles. The second-order valence-corrected chi connectivity index (χ2v) is 4.29. The molecule has 17 heavy (non-hydrogen) atoms. The van der Waals surface area contributed by atoms with Crippen LogP contribution in [0.15, 0.2) is 41.5 Å². The maximum atomic E-state index is 12.3. The molecule has 0 aliphatic carbocycles. The highest BCUT2D eigenvalue weighted by atomic mass is 16.5. The molecule has 1 heterocycles. The second-order valence-electron chi connectivity index (χ2n) is 4.29. The van der Waals surface area contributed by atoms with Gasteiger partial charge in [0.1, 0.15) is 6.29 Å². The Kier molecular flexibility index (Phi) is 2.94. The van der Waals surface area contributed by atoms with Crippen LogP contribution >= 0.6 is 0 Å². The molecule has 0 radical (unpaired) electrons. The summed E-state index contributed by atoms with van der Waals surface area (Å²) >= 11 is 0. The topological polar surface area (TPSA) is 43.4 Å². The summed E-state index contributed by atoms with van der Waals surface area (Å²) in [7, 11) is 0. The molecule has 0 aromatic heterocycles. The summed E-state index contributed by atoms with van der Waals surface area (Å²) in [6.45, 7) is 3.61. The minimum Gasteiger partial charge on any atom is -0.358 e. The van der Waals surface area contributed by atoms with Crippen LogP contribution in [-0.4, -0.2) is 18.7 Å². The van der Waals surface area contributed by atoms with Crippen LogP contribution in [0.5, 0.6) is 0 Å². The van der Waals surface area contributed by atoms with E-state index in [1.165, 1.54) is 0 Å². The molecule has 1 atom stereocenters. The van der Waals surface area contributed by atoms with Gasteiger partial charge in [-0.05, 0) is 19.4 Å². The number of ketones is 1. The maximum absolute atomic E-state index is 12.3. The molecule has 0 saturated heterocycles. The molecule has 0 spiro atoms. The highest BCUT2D eigenvalue weighted by Gasteiger charge is 2.40. The van der Waals surface area contributed by atoms with Crippen LogP contribution < -0.4 is 0 Å². The third-order valence-corrected chi connectivity index (χ3v) is 3.24. The molecule has 88 valence electrons. The van der Waals surface area contributed by atoms with E-state index in [9.17, 15) is 9.59 Å². The fourth-order valence-electron chi connectivity index (χ4n) is 1.99. The first-order valence-electron chi connectivity index (χ1n) is 5.49. The molecule has 3 heteroatoms. The fraction of sp³-hybridized carbons (Fsp3) is 0.286. The second kappa shape index (κ2) is 4.26. The fourth-order valence-corrected chi connectivity index (χ4v) is 1.99. The molecule has 0 N–H and O–H groups in total. The lowest BCUT2D eigenvalue weighted by molar-refractivity contribution is -0.141. The van der Waals surface area contributed by atoms with Gasteiger partial charge in [-0.2, -0.15) is 0 Å². The van der Waals surface area contributed by atoms with Gasteiger partial charge in [-0.25, -0.2) is 0 Å². The lowest BCUT2D eigenvalue weighted by atomic mass is 9.84. The van der Waals surface area contributed by atoms with Gasteiger partial charge < -0.3 is 4.74 Å². The van der Waals surface area contributed by atoms with Crippen LogP contribution in [0, 0.1) is 0 Å². The van der Waals surface area contributed by atoms with Crippen molar-refractivity contribution < 1.29 is 14.3 Å². The summed E-state index contributed by atoms with van der Waals surface area (Å²) in [5.74, 6) is -0.142. The van der Waals surface area contributed by atoms with Gasteiger partial charge in [-0.3, -0.25) is 9.59 Å². The number of ether oxygens (including phenoxy) is 1. The molecule has 1 unspecified atom stereocenters. The van der Waals surface area contributed by atoms with Crippen molar-refractivity contribution in [2.24, 2.45) is 0 Å². The van der Waals surface area contributed by atoms with Crippen molar-refractivity contribution in [2.75, 3.05) is 6.61 Å². The van der Waals surface area contributed by atoms with Crippen molar-refractivity contribution in [1.29, 1.82) is 0 Å². The lowest BCUT2D eigenvalue weighted by Gasteiger charge is -2.33. The predicted octanol–water partition coefficient (Wildman–Crippen LogP) is 2.02. The molecule has 0 amide bonds. The van der Waals surface area contributed by atoms with E-state index in [-0.39, 0.29) is 12.4 Å². The highest BCUT2D eigenvalue weighted by Crippen LogP contribution is 2.33. The third kappa shape index (κ3) is 1.83. The first-order valence-corrected chi connectivity index (χ1v) is 5.49. The monoisotopic (exact) mass is 230 g/mol. The van der Waals surface area contributed by atoms with Crippen molar-refractivity contribution in [3.05, 3.63) is 47.0 Å². The maximum Gasteiger partial charge on any atom is 0.195 e. The Bertz CT molecular complexity index is 487. The van der Waals surface area contributed by atoms with E-state index in [2.05, 4.69) is 0 Å². The van der Waals surface area contributed by atoms with Crippen molar-refractivity contribution in [1.82, 2.24) is 0 Å². The first-order chi connectivity index (χ1) is 8.09. The molecule has 0 fully saturated rings. The molecule has 3 nitrogen and oxygen atoms in total. The van der Waals surface area contributed by atoms with E-state index in [1.807, 2.05) is 30.3 Å². The number of rotatable bonds is 2. The normalized spacial score (nSPS) is 24.9. The number of benzene rings is 1. The average Bonchev–Trinajstić information content (AvgIpc) is 2.37. The zero-order valence-electron chi connectivity index (χ0n) is 9.90. The van der Waals surface area contributed by atoms with Crippen molar-refractivity contribution in [2.45, 2.75) is 19.4 Å². The molecular weight excluding hydrogens is 216 g/mol. The smallest absolute Gasteiger partial charge is 0.195 e. The minimum absolute atomic E-state index is 0.142. The zero-order chi connectivity index (χ0) is 12.5. The van der Waals surface area contributed by atoms with Gasteiger partial charge in [0.15, 0.2) is 11.4 Å². The lowest BCUT2D eigenvalue weighted by Crippen LogP contribution is -2.41. The van der Waals surface area contributed by atoms with Crippen LogP contribution in [-0.2, 0) is 19.9 Å². The van der Waals surface area contributed by atoms with Gasteiger partial charge in [0, 0.05) is 11.1 Å². The van der Waals surface area contributed by atoms with Gasteiger partial charge in [-0.1, -0.05) is 30.3 Å². The number of carbonyl (C=O) groups is 2. The SMILES string of the molecule is CC1=C(C=O)COC(C)(c2ccccc2)C1=O. The van der Waals surface area contributed by atoms with Crippen molar-refractivity contribution in [3.8, 4) is 0 Å². The van der Waals surface area contributed by atoms with E-state index in [0.29, 0.717) is 17.4 Å². The van der Waals surface area contributed by atoms with Crippen molar-refractivity contribution in [3.63, 3.8) is 0 Å². The Labute approximate surface area is 100 Å². The van der Waals surface area contributed by atoms with E-state index in [4.69, 9.17) is 4.74 Å². The van der Waals surface area contributed by atoms with Gasteiger partial charge in [0.25, 0.3) is 0 Å². The number of hydrogen-bond acceptors (Lipinski definition) is 3. The summed E-state index contributed by atoms with van der Waals surface area (Å²) in [5.41, 5.74) is 0.771. The zero-order valence-corrected chi connectivity index (χ0v) is 9.90. The van der Waals surface area contributed by atoms with E-state index < -0.39 is 5.60 Å².